The van der Waals surface area contributed by atoms with Crippen molar-refractivity contribution >= 4 is 5.91 Å². The number of rotatable bonds is 5. The summed E-state index contributed by atoms with van der Waals surface area (Å²) in [6, 6.07) is 0.389. The molecule has 2 atom stereocenters. The van der Waals surface area contributed by atoms with E-state index in [9.17, 15) is 4.79 Å². The van der Waals surface area contributed by atoms with Gasteiger partial charge in [0.1, 0.15) is 6.10 Å². The number of hydrogen-bond donors (Lipinski definition) is 2. The maximum Gasteiger partial charge on any atom is 0.249 e. The number of ether oxygens (including phenoxy) is 1. The van der Waals surface area contributed by atoms with Crippen molar-refractivity contribution in [3.63, 3.8) is 0 Å². The van der Waals surface area contributed by atoms with Crippen molar-refractivity contribution in [3.8, 4) is 0 Å². The average molecular weight is 254 g/mol. The largest absolute Gasteiger partial charge is 0.368 e. The minimum absolute atomic E-state index is 0.0608. The van der Waals surface area contributed by atoms with Crippen molar-refractivity contribution in [1.29, 1.82) is 0 Å². The first-order valence-corrected chi connectivity index (χ1v) is 7.38. The fourth-order valence-electron chi connectivity index (χ4n) is 2.81. The third kappa shape index (κ3) is 4.25. The second-order valence-corrected chi connectivity index (χ2v) is 5.68. The molecule has 1 amide bonds. The lowest BCUT2D eigenvalue weighted by atomic mass is 10.0. The fourth-order valence-corrected chi connectivity index (χ4v) is 2.81. The van der Waals surface area contributed by atoms with Crippen LogP contribution in [0.4, 0.5) is 0 Å². The highest BCUT2D eigenvalue weighted by Crippen LogP contribution is 2.18. The molecule has 0 aromatic heterocycles. The van der Waals surface area contributed by atoms with E-state index in [4.69, 9.17) is 4.74 Å². The normalized spacial score (nSPS) is 27.1. The highest BCUT2D eigenvalue weighted by atomic mass is 16.5. The molecule has 1 saturated heterocycles. The Morgan fingerprint density at radius 1 is 1.33 bits per heavy atom. The maximum atomic E-state index is 11.9. The molecular formula is C14H26N2O2. The zero-order chi connectivity index (χ0) is 12.8. The van der Waals surface area contributed by atoms with Gasteiger partial charge in [-0.3, -0.25) is 4.79 Å². The third-order valence-electron chi connectivity index (χ3n) is 4.05. The van der Waals surface area contributed by atoms with E-state index in [0.717, 1.165) is 25.9 Å². The molecule has 2 N–H and O–H groups in total. The number of amides is 1. The van der Waals surface area contributed by atoms with E-state index in [2.05, 4.69) is 10.6 Å². The first-order chi connectivity index (χ1) is 8.75. The van der Waals surface area contributed by atoms with Gasteiger partial charge in [0.25, 0.3) is 0 Å². The number of carbonyl (C=O) groups excluding carboxylic acids is 1. The summed E-state index contributed by atoms with van der Waals surface area (Å²) in [7, 11) is 0. The van der Waals surface area contributed by atoms with E-state index in [0.29, 0.717) is 18.6 Å². The predicted octanol–water partition coefficient (Wildman–Crippen LogP) is 1.45. The summed E-state index contributed by atoms with van der Waals surface area (Å²) < 4.78 is 5.70. The second kappa shape index (κ2) is 7.10. The minimum Gasteiger partial charge on any atom is -0.368 e. The molecule has 2 rings (SSSR count). The summed E-state index contributed by atoms with van der Waals surface area (Å²) >= 11 is 0. The SMILES string of the molecule is CC(OCC1CCCNC1)C(=O)NC1CCCC1. The molecule has 2 aliphatic rings. The first kappa shape index (κ1) is 13.8. The Morgan fingerprint density at radius 2 is 2.11 bits per heavy atom. The lowest BCUT2D eigenvalue weighted by molar-refractivity contribution is -0.133. The average Bonchev–Trinajstić information content (AvgIpc) is 2.90. The monoisotopic (exact) mass is 254 g/mol. The van der Waals surface area contributed by atoms with Gasteiger partial charge in [-0.15, -0.1) is 0 Å². The fraction of sp³-hybridized carbons (Fsp3) is 0.929. The summed E-state index contributed by atoms with van der Waals surface area (Å²) in [4.78, 5) is 11.9. The summed E-state index contributed by atoms with van der Waals surface area (Å²) in [5, 5.41) is 6.45. The molecule has 4 nitrogen and oxygen atoms in total. The van der Waals surface area contributed by atoms with Crippen LogP contribution in [0.5, 0.6) is 0 Å². The molecule has 0 aromatic rings. The molecule has 1 heterocycles. The van der Waals surface area contributed by atoms with Crippen LogP contribution in [0.1, 0.15) is 45.4 Å². The number of nitrogens with one attached hydrogen (secondary N) is 2. The standard InChI is InChI=1S/C14H26N2O2/c1-11(14(17)16-13-6-2-3-7-13)18-10-12-5-4-8-15-9-12/h11-13,15H,2-10H2,1H3,(H,16,17). The minimum atomic E-state index is -0.312. The second-order valence-electron chi connectivity index (χ2n) is 5.68. The van der Waals surface area contributed by atoms with Crippen molar-refractivity contribution in [2.75, 3.05) is 19.7 Å². The zero-order valence-corrected chi connectivity index (χ0v) is 11.4. The van der Waals surface area contributed by atoms with Crippen LogP contribution >= 0.6 is 0 Å². The van der Waals surface area contributed by atoms with Crippen LogP contribution in [0.25, 0.3) is 0 Å². The van der Waals surface area contributed by atoms with Crippen molar-refractivity contribution in [2.24, 2.45) is 5.92 Å². The Balaban J connectivity index is 1.63. The van der Waals surface area contributed by atoms with E-state index < -0.39 is 0 Å². The molecule has 0 aromatic carbocycles. The summed E-state index contributed by atoms with van der Waals surface area (Å²) in [5.41, 5.74) is 0. The molecule has 104 valence electrons. The maximum absolute atomic E-state index is 11.9. The van der Waals surface area contributed by atoms with Crippen LogP contribution in [0, 0.1) is 5.92 Å². The number of piperidine rings is 1. The summed E-state index contributed by atoms with van der Waals surface area (Å²) in [5.74, 6) is 0.631. The molecule has 18 heavy (non-hydrogen) atoms. The van der Waals surface area contributed by atoms with Gasteiger partial charge in [-0.05, 0) is 45.1 Å². The summed E-state index contributed by atoms with van der Waals surface area (Å²) in [6.07, 6.45) is 6.87. The molecule has 1 saturated carbocycles. The Hall–Kier alpha value is -0.610. The van der Waals surface area contributed by atoms with Crippen LogP contribution in [0.3, 0.4) is 0 Å². The zero-order valence-electron chi connectivity index (χ0n) is 11.4. The van der Waals surface area contributed by atoms with E-state index in [-0.39, 0.29) is 12.0 Å². The molecular weight excluding hydrogens is 228 g/mol. The van der Waals surface area contributed by atoms with E-state index in [1.165, 1.54) is 25.7 Å². The Kier molecular flexibility index (Phi) is 5.45. The third-order valence-corrected chi connectivity index (χ3v) is 4.05. The van der Waals surface area contributed by atoms with Crippen LogP contribution in [0.15, 0.2) is 0 Å². The molecule has 1 aliphatic carbocycles. The van der Waals surface area contributed by atoms with Crippen molar-refractivity contribution < 1.29 is 9.53 Å². The van der Waals surface area contributed by atoms with E-state index >= 15 is 0 Å². The molecule has 2 fully saturated rings. The number of hydrogen-bond acceptors (Lipinski definition) is 3. The molecule has 0 spiro atoms. The van der Waals surface area contributed by atoms with Gasteiger partial charge in [0.05, 0.1) is 6.61 Å². The first-order valence-electron chi connectivity index (χ1n) is 7.38. The smallest absolute Gasteiger partial charge is 0.249 e. The van der Waals surface area contributed by atoms with Crippen LogP contribution in [0.2, 0.25) is 0 Å². The highest BCUT2D eigenvalue weighted by Gasteiger charge is 2.22. The molecule has 0 bridgehead atoms. The van der Waals surface area contributed by atoms with Crippen molar-refractivity contribution in [1.82, 2.24) is 10.6 Å². The number of carbonyl (C=O) groups is 1. The topological polar surface area (TPSA) is 50.4 Å². The predicted molar refractivity (Wildman–Crippen MR) is 71.4 cm³/mol. The van der Waals surface area contributed by atoms with Crippen molar-refractivity contribution in [3.05, 3.63) is 0 Å². The lowest BCUT2D eigenvalue weighted by Crippen LogP contribution is -2.41. The van der Waals surface area contributed by atoms with Gasteiger partial charge < -0.3 is 15.4 Å². The van der Waals surface area contributed by atoms with Crippen molar-refractivity contribution in [2.45, 2.75) is 57.6 Å². The molecule has 2 unspecified atom stereocenters. The molecule has 4 heteroatoms. The van der Waals surface area contributed by atoms with Gasteiger partial charge >= 0.3 is 0 Å². The van der Waals surface area contributed by atoms with Gasteiger partial charge in [0.15, 0.2) is 0 Å². The van der Waals surface area contributed by atoms with Gasteiger partial charge in [0.2, 0.25) is 5.91 Å². The van der Waals surface area contributed by atoms with E-state index in [1.54, 1.807) is 0 Å². The molecule has 0 radical (unpaired) electrons. The Bertz CT molecular complexity index is 259. The summed E-state index contributed by atoms with van der Waals surface area (Å²) in [6.45, 7) is 4.71. The quantitative estimate of drug-likeness (QED) is 0.781. The van der Waals surface area contributed by atoms with Crippen LogP contribution in [-0.2, 0) is 9.53 Å². The Morgan fingerprint density at radius 3 is 2.78 bits per heavy atom. The van der Waals surface area contributed by atoms with Gasteiger partial charge in [-0.25, -0.2) is 0 Å². The highest BCUT2D eigenvalue weighted by molar-refractivity contribution is 5.80. The van der Waals surface area contributed by atoms with Gasteiger partial charge in [-0.1, -0.05) is 12.8 Å². The Labute approximate surface area is 110 Å². The van der Waals surface area contributed by atoms with Crippen LogP contribution < -0.4 is 10.6 Å². The van der Waals surface area contributed by atoms with E-state index in [1.807, 2.05) is 6.92 Å². The molecule has 1 aliphatic heterocycles. The lowest BCUT2D eigenvalue weighted by Gasteiger charge is -2.24. The van der Waals surface area contributed by atoms with Gasteiger partial charge in [0, 0.05) is 12.6 Å². The van der Waals surface area contributed by atoms with Crippen LogP contribution in [-0.4, -0.2) is 37.7 Å². The van der Waals surface area contributed by atoms with Gasteiger partial charge in [-0.2, -0.15) is 0 Å².